The van der Waals surface area contributed by atoms with Crippen LogP contribution < -0.4 is 10.1 Å². The molecule has 2 unspecified atom stereocenters. The third-order valence-corrected chi connectivity index (χ3v) is 4.17. The Balaban J connectivity index is 1.93. The predicted octanol–water partition coefficient (Wildman–Crippen LogP) is 3.71. The lowest BCUT2D eigenvalue weighted by atomic mass is 9.96. The number of methoxy groups -OCH3 is 1. The summed E-state index contributed by atoms with van der Waals surface area (Å²) in [5.41, 5.74) is 2.71. The highest BCUT2D eigenvalue weighted by Gasteiger charge is 2.24. The minimum atomic E-state index is 0.737. The predicted molar refractivity (Wildman–Crippen MR) is 80.9 cm³/mol. The molecule has 1 aromatic rings. The zero-order valence-electron chi connectivity index (χ0n) is 12.5. The molecule has 0 spiro atoms. The Kier molecular flexibility index (Phi) is 5.26. The van der Waals surface area contributed by atoms with Gasteiger partial charge in [-0.05, 0) is 63.1 Å². The van der Waals surface area contributed by atoms with Gasteiger partial charge in [-0.2, -0.15) is 0 Å². The summed E-state index contributed by atoms with van der Waals surface area (Å²) in [6, 6.07) is 7.25. The molecule has 0 amide bonds. The molecule has 1 fully saturated rings. The second-order valence-corrected chi connectivity index (χ2v) is 5.85. The first kappa shape index (κ1) is 14.4. The molecule has 19 heavy (non-hydrogen) atoms. The number of benzene rings is 1. The highest BCUT2D eigenvalue weighted by atomic mass is 16.5. The fourth-order valence-electron chi connectivity index (χ4n) is 3.17. The van der Waals surface area contributed by atoms with Crippen LogP contribution >= 0.6 is 0 Å². The summed E-state index contributed by atoms with van der Waals surface area (Å²) < 4.78 is 5.49. The maximum absolute atomic E-state index is 5.49. The van der Waals surface area contributed by atoms with Crippen LogP contribution in [-0.4, -0.2) is 19.7 Å². The standard InChI is InChI=1S/C17H27NO/c1-4-9-18-16-7-6-14(12-16)11-15-10-13(2)5-8-17(15)19-3/h5,8,10,14,16,18H,4,6-7,9,11-12H2,1-3H3. The molecular formula is C17H27NO. The van der Waals surface area contributed by atoms with E-state index in [4.69, 9.17) is 4.74 Å². The van der Waals surface area contributed by atoms with Crippen LogP contribution in [0.2, 0.25) is 0 Å². The maximum atomic E-state index is 5.49. The van der Waals surface area contributed by atoms with Gasteiger partial charge in [0, 0.05) is 6.04 Å². The van der Waals surface area contributed by atoms with Gasteiger partial charge in [0.15, 0.2) is 0 Å². The molecule has 1 saturated carbocycles. The van der Waals surface area contributed by atoms with Gasteiger partial charge in [-0.3, -0.25) is 0 Å². The Hall–Kier alpha value is -1.02. The van der Waals surface area contributed by atoms with Crippen LogP contribution in [-0.2, 0) is 6.42 Å². The average molecular weight is 261 g/mol. The van der Waals surface area contributed by atoms with E-state index in [0.29, 0.717) is 0 Å². The van der Waals surface area contributed by atoms with Gasteiger partial charge in [0.25, 0.3) is 0 Å². The van der Waals surface area contributed by atoms with Crippen LogP contribution in [0.4, 0.5) is 0 Å². The lowest BCUT2D eigenvalue weighted by Gasteiger charge is -2.15. The lowest BCUT2D eigenvalue weighted by molar-refractivity contribution is 0.402. The van der Waals surface area contributed by atoms with Crippen molar-refractivity contribution in [2.24, 2.45) is 5.92 Å². The summed E-state index contributed by atoms with van der Waals surface area (Å²) in [5, 5.41) is 3.66. The van der Waals surface area contributed by atoms with Gasteiger partial charge >= 0.3 is 0 Å². The van der Waals surface area contributed by atoms with E-state index in [-0.39, 0.29) is 0 Å². The van der Waals surface area contributed by atoms with Gasteiger partial charge < -0.3 is 10.1 Å². The highest BCUT2D eigenvalue weighted by Crippen LogP contribution is 2.32. The molecule has 0 saturated heterocycles. The summed E-state index contributed by atoms with van der Waals surface area (Å²) >= 11 is 0. The molecular weight excluding hydrogens is 234 g/mol. The zero-order chi connectivity index (χ0) is 13.7. The van der Waals surface area contributed by atoms with Crippen molar-refractivity contribution in [3.8, 4) is 5.75 Å². The van der Waals surface area contributed by atoms with E-state index in [1.165, 1.54) is 36.8 Å². The molecule has 0 radical (unpaired) electrons. The first-order valence-electron chi connectivity index (χ1n) is 7.59. The van der Waals surface area contributed by atoms with Gasteiger partial charge in [-0.1, -0.05) is 24.6 Å². The maximum Gasteiger partial charge on any atom is 0.122 e. The normalized spacial score (nSPS) is 22.7. The highest BCUT2D eigenvalue weighted by molar-refractivity contribution is 5.37. The monoisotopic (exact) mass is 261 g/mol. The van der Waals surface area contributed by atoms with Gasteiger partial charge in [-0.15, -0.1) is 0 Å². The van der Waals surface area contributed by atoms with Crippen molar-refractivity contribution in [2.75, 3.05) is 13.7 Å². The van der Waals surface area contributed by atoms with Crippen molar-refractivity contribution >= 4 is 0 Å². The van der Waals surface area contributed by atoms with Gasteiger partial charge in [-0.25, -0.2) is 0 Å². The van der Waals surface area contributed by atoms with E-state index in [1.807, 2.05) is 0 Å². The fraction of sp³-hybridized carbons (Fsp3) is 0.647. The van der Waals surface area contributed by atoms with E-state index in [9.17, 15) is 0 Å². The summed E-state index contributed by atoms with van der Waals surface area (Å²) in [6.07, 6.45) is 6.39. The van der Waals surface area contributed by atoms with Crippen molar-refractivity contribution in [3.63, 3.8) is 0 Å². The number of hydrogen-bond donors (Lipinski definition) is 1. The third-order valence-electron chi connectivity index (χ3n) is 4.17. The molecule has 0 bridgehead atoms. The summed E-state index contributed by atoms with van der Waals surface area (Å²) in [6.45, 7) is 5.55. The van der Waals surface area contributed by atoms with Crippen LogP contribution in [0, 0.1) is 12.8 Å². The van der Waals surface area contributed by atoms with Crippen LogP contribution in [0.3, 0.4) is 0 Å². The molecule has 1 N–H and O–H groups in total. The summed E-state index contributed by atoms with van der Waals surface area (Å²) in [4.78, 5) is 0. The first-order valence-corrected chi connectivity index (χ1v) is 7.59. The number of nitrogens with one attached hydrogen (secondary N) is 1. The Morgan fingerprint density at radius 2 is 2.16 bits per heavy atom. The summed E-state index contributed by atoms with van der Waals surface area (Å²) in [7, 11) is 1.77. The molecule has 0 aliphatic heterocycles. The molecule has 0 aromatic heterocycles. The number of ether oxygens (including phenoxy) is 1. The quantitative estimate of drug-likeness (QED) is 0.843. The average Bonchev–Trinajstić information content (AvgIpc) is 2.84. The van der Waals surface area contributed by atoms with Crippen molar-refractivity contribution in [2.45, 2.75) is 52.0 Å². The molecule has 106 valence electrons. The zero-order valence-corrected chi connectivity index (χ0v) is 12.5. The van der Waals surface area contributed by atoms with Crippen LogP contribution in [0.1, 0.15) is 43.7 Å². The number of aryl methyl sites for hydroxylation is 1. The fourth-order valence-corrected chi connectivity index (χ4v) is 3.17. The Bertz CT molecular complexity index is 402. The topological polar surface area (TPSA) is 21.3 Å². The Morgan fingerprint density at radius 3 is 2.89 bits per heavy atom. The van der Waals surface area contributed by atoms with Crippen molar-refractivity contribution in [1.29, 1.82) is 0 Å². The van der Waals surface area contributed by atoms with E-state index in [0.717, 1.165) is 30.7 Å². The minimum Gasteiger partial charge on any atom is -0.496 e. The van der Waals surface area contributed by atoms with Gasteiger partial charge in [0.05, 0.1) is 7.11 Å². The van der Waals surface area contributed by atoms with Gasteiger partial charge in [0.2, 0.25) is 0 Å². The van der Waals surface area contributed by atoms with E-state index in [2.05, 4.69) is 37.4 Å². The van der Waals surface area contributed by atoms with Crippen LogP contribution in [0.15, 0.2) is 18.2 Å². The van der Waals surface area contributed by atoms with E-state index >= 15 is 0 Å². The second-order valence-electron chi connectivity index (χ2n) is 5.85. The number of hydrogen-bond acceptors (Lipinski definition) is 2. The molecule has 2 nitrogen and oxygen atoms in total. The lowest BCUT2D eigenvalue weighted by Crippen LogP contribution is -2.27. The Morgan fingerprint density at radius 1 is 1.32 bits per heavy atom. The SMILES string of the molecule is CCCNC1CCC(Cc2cc(C)ccc2OC)C1. The molecule has 2 atom stereocenters. The molecule has 2 heteroatoms. The van der Waals surface area contributed by atoms with E-state index in [1.54, 1.807) is 7.11 Å². The Labute approximate surface area is 117 Å². The van der Waals surface area contributed by atoms with Crippen molar-refractivity contribution in [1.82, 2.24) is 5.32 Å². The second kappa shape index (κ2) is 6.95. The van der Waals surface area contributed by atoms with Gasteiger partial charge in [0.1, 0.15) is 5.75 Å². The molecule has 0 heterocycles. The van der Waals surface area contributed by atoms with Crippen molar-refractivity contribution < 1.29 is 4.74 Å². The largest absolute Gasteiger partial charge is 0.496 e. The first-order chi connectivity index (χ1) is 9.22. The van der Waals surface area contributed by atoms with Crippen LogP contribution in [0.5, 0.6) is 5.75 Å². The minimum absolute atomic E-state index is 0.737. The molecule has 1 aliphatic rings. The van der Waals surface area contributed by atoms with Crippen LogP contribution in [0.25, 0.3) is 0 Å². The van der Waals surface area contributed by atoms with Crippen molar-refractivity contribution in [3.05, 3.63) is 29.3 Å². The smallest absolute Gasteiger partial charge is 0.122 e. The molecule has 1 aromatic carbocycles. The third kappa shape index (κ3) is 3.97. The molecule has 2 rings (SSSR count). The molecule has 1 aliphatic carbocycles. The summed E-state index contributed by atoms with van der Waals surface area (Å²) in [5.74, 6) is 1.86. The number of rotatable bonds is 6. The van der Waals surface area contributed by atoms with E-state index < -0.39 is 0 Å².